The minimum Gasteiger partial charge on any atom is -0.508 e. The van der Waals surface area contributed by atoms with E-state index >= 15 is 0 Å². The number of fused-ring (bicyclic) bond motifs is 3. The van der Waals surface area contributed by atoms with Gasteiger partial charge in [0.05, 0.1) is 12.2 Å². The quantitative estimate of drug-likeness (QED) is 0.237. The molecule has 0 bridgehead atoms. The molecule has 2 saturated carbocycles. The van der Waals surface area contributed by atoms with Crippen molar-refractivity contribution in [3.63, 3.8) is 0 Å². The number of aromatic hydroxyl groups is 1. The van der Waals surface area contributed by atoms with Crippen LogP contribution in [0.3, 0.4) is 0 Å². The Morgan fingerprint density at radius 1 is 0.854 bits per heavy atom. The fourth-order valence-corrected chi connectivity index (χ4v) is 13.1. The minimum absolute atomic E-state index is 0.00105. The van der Waals surface area contributed by atoms with Crippen molar-refractivity contribution in [1.82, 2.24) is 0 Å². The van der Waals surface area contributed by atoms with Gasteiger partial charge in [-0.05, 0) is 70.5 Å². The van der Waals surface area contributed by atoms with Crippen molar-refractivity contribution in [1.29, 1.82) is 0 Å². The van der Waals surface area contributed by atoms with Gasteiger partial charge in [0.15, 0.2) is 0 Å². The standard InChI is InChI=1S/C37H46O3Si/c1-37(2,3)41(28-17-9-5-10-18-28,29-19-11-6-12-20-29)40-35-25-32-31(24-27-16-13-21-34(39)36(27)32)30(35)22-23-33(38)26-14-7-4-8-15-26/h5-6,9-13,16-23,26,30-33,35,38-39H,4,7-8,14-15,24-25H2,1-3H3/t30-,31+,32-,33?,35+/m0/s1. The van der Waals surface area contributed by atoms with Crippen molar-refractivity contribution in [2.24, 2.45) is 17.8 Å². The van der Waals surface area contributed by atoms with Gasteiger partial charge in [0, 0.05) is 11.5 Å². The summed E-state index contributed by atoms with van der Waals surface area (Å²) in [7, 11) is -2.76. The fourth-order valence-electron chi connectivity index (χ4n) is 8.38. The molecule has 41 heavy (non-hydrogen) atoms. The first-order valence-electron chi connectivity index (χ1n) is 15.8. The predicted octanol–water partition coefficient (Wildman–Crippen LogP) is 7.11. The first-order valence-corrected chi connectivity index (χ1v) is 17.7. The molecule has 6 rings (SSSR count). The monoisotopic (exact) mass is 566 g/mol. The molecule has 216 valence electrons. The summed E-state index contributed by atoms with van der Waals surface area (Å²) in [5.41, 5.74) is 2.40. The molecule has 3 aromatic rings. The summed E-state index contributed by atoms with van der Waals surface area (Å²) in [5.74, 6) is 1.57. The second kappa shape index (κ2) is 11.5. The van der Waals surface area contributed by atoms with E-state index in [4.69, 9.17) is 4.43 Å². The lowest BCUT2D eigenvalue weighted by Crippen LogP contribution is -2.68. The zero-order chi connectivity index (χ0) is 28.6. The van der Waals surface area contributed by atoms with E-state index in [0.29, 0.717) is 17.6 Å². The van der Waals surface area contributed by atoms with Crippen LogP contribution in [0.2, 0.25) is 5.04 Å². The molecule has 0 radical (unpaired) electrons. The topological polar surface area (TPSA) is 49.7 Å². The molecule has 3 nitrogen and oxygen atoms in total. The summed E-state index contributed by atoms with van der Waals surface area (Å²) in [6, 6.07) is 27.8. The van der Waals surface area contributed by atoms with Crippen LogP contribution < -0.4 is 10.4 Å². The molecule has 2 fully saturated rings. The van der Waals surface area contributed by atoms with Gasteiger partial charge in [0.25, 0.3) is 8.32 Å². The molecule has 0 aromatic heterocycles. The molecule has 0 saturated heterocycles. The molecule has 0 amide bonds. The van der Waals surface area contributed by atoms with Crippen LogP contribution in [0.15, 0.2) is 91.0 Å². The minimum atomic E-state index is -2.76. The summed E-state index contributed by atoms with van der Waals surface area (Å²) in [4.78, 5) is 0. The average molecular weight is 567 g/mol. The Morgan fingerprint density at radius 3 is 2.10 bits per heavy atom. The van der Waals surface area contributed by atoms with Crippen LogP contribution in [0.25, 0.3) is 0 Å². The Labute approximate surface area is 247 Å². The van der Waals surface area contributed by atoms with E-state index in [2.05, 4.69) is 99.7 Å². The Hall–Kier alpha value is -2.66. The second-order valence-electron chi connectivity index (χ2n) is 13.7. The Bertz CT molecular complexity index is 1300. The van der Waals surface area contributed by atoms with Crippen LogP contribution in [-0.4, -0.2) is 30.7 Å². The van der Waals surface area contributed by atoms with Gasteiger partial charge in [-0.25, -0.2) is 0 Å². The maximum absolute atomic E-state index is 11.2. The lowest BCUT2D eigenvalue weighted by atomic mass is 9.84. The Kier molecular flexibility index (Phi) is 8.02. The molecule has 0 heterocycles. The van der Waals surface area contributed by atoms with Crippen molar-refractivity contribution in [3.8, 4) is 5.75 Å². The summed E-state index contributed by atoms with van der Waals surface area (Å²) < 4.78 is 7.74. The van der Waals surface area contributed by atoms with Crippen LogP contribution in [0, 0.1) is 17.8 Å². The number of benzene rings is 3. The predicted molar refractivity (Wildman–Crippen MR) is 170 cm³/mol. The second-order valence-corrected chi connectivity index (χ2v) is 18.0. The van der Waals surface area contributed by atoms with Gasteiger partial charge in [-0.2, -0.15) is 0 Å². The van der Waals surface area contributed by atoms with Crippen molar-refractivity contribution in [2.75, 3.05) is 0 Å². The molecular formula is C37H46O3Si. The van der Waals surface area contributed by atoms with Crippen LogP contribution in [0.4, 0.5) is 0 Å². The van der Waals surface area contributed by atoms with Crippen LogP contribution in [0.5, 0.6) is 5.75 Å². The molecule has 4 heteroatoms. The highest BCUT2D eigenvalue weighted by Crippen LogP contribution is 2.56. The van der Waals surface area contributed by atoms with E-state index < -0.39 is 14.4 Å². The molecule has 3 aromatic carbocycles. The highest BCUT2D eigenvalue weighted by atomic mass is 28.4. The molecular weight excluding hydrogens is 520 g/mol. The highest BCUT2D eigenvalue weighted by molar-refractivity contribution is 6.99. The lowest BCUT2D eigenvalue weighted by molar-refractivity contribution is 0.122. The molecule has 3 aliphatic carbocycles. The summed E-state index contributed by atoms with van der Waals surface area (Å²) in [6.45, 7) is 7.02. The third kappa shape index (κ3) is 5.24. The molecule has 5 atom stereocenters. The highest BCUT2D eigenvalue weighted by Gasteiger charge is 2.56. The number of aliphatic hydroxyl groups excluding tert-OH is 1. The van der Waals surface area contributed by atoms with E-state index in [1.807, 2.05) is 12.1 Å². The van der Waals surface area contributed by atoms with Crippen LogP contribution in [0.1, 0.15) is 76.3 Å². The van der Waals surface area contributed by atoms with E-state index in [9.17, 15) is 10.2 Å². The van der Waals surface area contributed by atoms with Gasteiger partial charge in [-0.15, -0.1) is 0 Å². The van der Waals surface area contributed by atoms with Crippen molar-refractivity contribution in [2.45, 2.75) is 88.9 Å². The van der Waals surface area contributed by atoms with E-state index in [0.717, 1.165) is 31.2 Å². The SMILES string of the molecule is CC(C)(C)[Si](O[C@@H]1C[C@@H]2c3c(O)cccc3C[C@@H]2[C@@H]1C=CC(O)C1CCCCC1)(c1ccccc1)c1ccccc1. The van der Waals surface area contributed by atoms with Gasteiger partial charge in [-0.3, -0.25) is 0 Å². The van der Waals surface area contributed by atoms with Crippen LogP contribution in [-0.2, 0) is 10.8 Å². The maximum Gasteiger partial charge on any atom is 0.261 e. The van der Waals surface area contributed by atoms with E-state index in [1.54, 1.807) is 0 Å². The van der Waals surface area contributed by atoms with Gasteiger partial charge in [0.2, 0.25) is 0 Å². The zero-order valence-corrected chi connectivity index (χ0v) is 25.9. The zero-order valence-electron chi connectivity index (χ0n) is 24.9. The van der Waals surface area contributed by atoms with E-state index in [-0.39, 0.29) is 23.0 Å². The maximum atomic E-state index is 11.2. The van der Waals surface area contributed by atoms with Gasteiger partial charge >= 0.3 is 0 Å². The largest absolute Gasteiger partial charge is 0.508 e. The van der Waals surface area contributed by atoms with Crippen molar-refractivity contribution < 1.29 is 14.6 Å². The summed E-state index contributed by atoms with van der Waals surface area (Å²) in [6.07, 6.45) is 11.8. The van der Waals surface area contributed by atoms with E-state index in [1.165, 1.54) is 35.2 Å². The summed E-state index contributed by atoms with van der Waals surface area (Å²) >= 11 is 0. The van der Waals surface area contributed by atoms with Gasteiger partial charge in [0.1, 0.15) is 5.75 Å². The first-order chi connectivity index (χ1) is 19.8. The number of hydrogen-bond acceptors (Lipinski definition) is 3. The number of hydrogen-bond donors (Lipinski definition) is 2. The number of phenols is 1. The molecule has 1 unspecified atom stereocenters. The molecule has 2 N–H and O–H groups in total. The van der Waals surface area contributed by atoms with Crippen LogP contribution >= 0.6 is 0 Å². The Balaban J connectivity index is 1.42. The smallest absolute Gasteiger partial charge is 0.261 e. The molecule has 0 spiro atoms. The lowest BCUT2D eigenvalue weighted by Gasteiger charge is -2.45. The average Bonchev–Trinajstić information content (AvgIpc) is 3.51. The fraction of sp³-hybridized carbons (Fsp3) is 0.459. The van der Waals surface area contributed by atoms with Gasteiger partial charge in [-0.1, -0.05) is 125 Å². The molecule has 0 aliphatic heterocycles. The third-order valence-corrected chi connectivity index (χ3v) is 15.4. The third-order valence-electron chi connectivity index (χ3n) is 10.3. The molecule has 3 aliphatic rings. The van der Waals surface area contributed by atoms with Gasteiger partial charge < -0.3 is 14.6 Å². The number of rotatable bonds is 7. The van der Waals surface area contributed by atoms with Crippen molar-refractivity contribution in [3.05, 3.63) is 102 Å². The number of aliphatic hydroxyl groups is 1. The first kappa shape index (κ1) is 28.5. The summed E-state index contributed by atoms with van der Waals surface area (Å²) in [5, 5.41) is 24.7. The Morgan fingerprint density at radius 2 is 1.49 bits per heavy atom. The normalized spacial score (nSPS) is 25.8. The van der Waals surface area contributed by atoms with Crippen molar-refractivity contribution >= 4 is 18.7 Å². The number of phenolic OH excluding ortho intramolecular Hbond substituents is 1.